The van der Waals surface area contributed by atoms with Crippen LogP contribution in [-0.4, -0.2) is 37.0 Å². The Morgan fingerprint density at radius 3 is 2.08 bits per heavy atom. The third-order valence-corrected chi connectivity index (χ3v) is 6.53. The molecule has 1 atom stereocenters. The molecule has 1 fully saturated rings. The van der Waals surface area contributed by atoms with E-state index in [0.29, 0.717) is 38.9 Å². The first kappa shape index (κ1) is 19.0. The lowest BCUT2D eigenvalue weighted by molar-refractivity contribution is 0.0763. The van der Waals surface area contributed by atoms with E-state index < -0.39 is 16.3 Å². The molecule has 1 aliphatic heterocycles. The van der Waals surface area contributed by atoms with Gasteiger partial charge in [0.05, 0.1) is 6.10 Å². The molecule has 0 aromatic heterocycles. The number of benzene rings is 2. The number of nitrogens with zero attached hydrogens (tertiary/aromatic N) is 1. The third kappa shape index (κ3) is 5.14. The number of aliphatic hydroxyl groups is 1. The first-order valence-corrected chi connectivity index (χ1v) is 10.5. The largest absolute Gasteiger partial charge is 0.392 e. The summed E-state index contributed by atoms with van der Waals surface area (Å²) in [6, 6.07) is 19.4. The van der Waals surface area contributed by atoms with Gasteiger partial charge < -0.3 is 5.11 Å². The maximum absolute atomic E-state index is 12.5. The van der Waals surface area contributed by atoms with Crippen molar-refractivity contribution in [3.63, 3.8) is 0 Å². The molecular weight excluding hydrogens is 348 g/mol. The van der Waals surface area contributed by atoms with Crippen LogP contribution in [0.25, 0.3) is 0 Å². The Kier molecular flexibility index (Phi) is 6.43. The second-order valence-corrected chi connectivity index (χ2v) is 8.56. The predicted molar refractivity (Wildman–Crippen MR) is 103 cm³/mol. The molecule has 140 valence electrons. The quantitative estimate of drug-likeness (QED) is 0.782. The van der Waals surface area contributed by atoms with E-state index in [2.05, 4.69) is 4.72 Å². The van der Waals surface area contributed by atoms with E-state index in [0.717, 1.165) is 11.1 Å². The molecule has 2 aromatic rings. The van der Waals surface area contributed by atoms with Gasteiger partial charge in [-0.25, -0.2) is 0 Å². The van der Waals surface area contributed by atoms with Crippen molar-refractivity contribution >= 4 is 10.2 Å². The number of nitrogens with one attached hydrogen (secondary N) is 1. The molecule has 3 rings (SSSR count). The van der Waals surface area contributed by atoms with Crippen LogP contribution in [0, 0.1) is 5.92 Å². The van der Waals surface area contributed by atoms with Gasteiger partial charge in [0, 0.05) is 19.6 Å². The first-order chi connectivity index (χ1) is 12.5. The number of aliphatic hydroxyl groups excluding tert-OH is 1. The zero-order valence-corrected chi connectivity index (χ0v) is 15.6. The van der Waals surface area contributed by atoms with Crippen LogP contribution in [0.1, 0.15) is 24.0 Å². The van der Waals surface area contributed by atoms with Crippen molar-refractivity contribution in [1.82, 2.24) is 9.03 Å². The normalized spacial score (nSPS) is 17.9. The molecule has 2 N–H and O–H groups in total. The molecular formula is C20H26N2O3S. The molecule has 26 heavy (non-hydrogen) atoms. The van der Waals surface area contributed by atoms with E-state index in [1.807, 2.05) is 60.7 Å². The molecule has 0 saturated carbocycles. The van der Waals surface area contributed by atoms with Crippen molar-refractivity contribution in [2.45, 2.75) is 31.9 Å². The van der Waals surface area contributed by atoms with Crippen LogP contribution in [0.2, 0.25) is 0 Å². The average Bonchev–Trinajstić information content (AvgIpc) is 2.68. The number of rotatable bonds is 7. The summed E-state index contributed by atoms with van der Waals surface area (Å²) in [5.74, 6) is 0.135. The van der Waals surface area contributed by atoms with Gasteiger partial charge in [-0.05, 0) is 36.3 Å². The molecule has 6 heteroatoms. The molecule has 0 bridgehead atoms. The van der Waals surface area contributed by atoms with Crippen molar-refractivity contribution in [3.8, 4) is 0 Å². The van der Waals surface area contributed by atoms with E-state index >= 15 is 0 Å². The van der Waals surface area contributed by atoms with Crippen molar-refractivity contribution in [2.75, 3.05) is 13.1 Å². The van der Waals surface area contributed by atoms with Crippen LogP contribution >= 0.6 is 0 Å². The summed E-state index contributed by atoms with van der Waals surface area (Å²) >= 11 is 0. The highest BCUT2D eigenvalue weighted by molar-refractivity contribution is 7.87. The highest BCUT2D eigenvalue weighted by atomic mass is 32.2. The fraction of sp³-hybridized carbons (Fsp3) is 0.400. The molecule has 0 radical (unpaired) electrons. The van der Waals surface area contributed by atoms with E-state index in [1.54, 1.807) is 0 Å². The molecule has 0 spiro atoms. The lowest BCUT2D eigenvalue weighted by atomic mass is 9.89. The summed E-state index contributed by atoms with van der Waals surface area (Å²) in [4.78, 5) is 0. The molecule has 1 unspecified atom stereocenters. The minimum absolute atomic E-state index is 0.135. The summed E-state index contributed by atoms with van der Waals surface area (Å²) in [7, 11) is -3.49. The van der Waals surface area contributed by atoms with E-state index in [9.17, 15) is 13.5 Å². The lowest BCUT2D eigenvalue weighted by Crippen LogP contribution is -2.46. The monoisotopic (exact) mass is 374 g/mol. The van der Waals surface area contributed by atoms with Gasteiger partial charge in [-0.3, -0.25) is 0 Å². The zero-order chi connectivity index (χ0) is 18.4. The first-order valence-electron chi connectivity index (χ1n) is 9.05. The highest BCUT2D eigenvalue weighted by Gasteiger charge is 2.30. The minimum atomic E-state index is -3.49. The SMILES string of the molecule is O=S(=O)(NCc1ccccc1)N1CCC(C(O)Cc2ccccc2)CC1. The van der Waals surface area contributed by atoms with Crippen molar-refractivity contribution < 1.29 is 13.5 Å². The van der Waals surface area contributed by atoms with Gasteiger partial charge in [-0.15, -0.1) is 0 Å². The topological polar surface area (TPSA) is 69.6 Å². The number of hydrogen-bond donors (Lipinski definition) is 2. The minimum Gasteiger partial charge on any atom is -0.392 e. The van der Waals surface area contributed by atoms with Gasteiger partial charge in [-0.2, -0.15) is 17.4 Å². The summed E-state index contributed by atoms with van der Waals surface area (Å²) < 4.78 is 29.1. The number of hydrogen-bond acceptors (Lipinski definition) is 3. The van der Waals surface area contributed by atoms with Gasteiger partial charge in [0.15, 0.2) is 0 Å². The Morgan fingerprint density at radius 1 is 0.962 bits per heavy atom. The summed E-state index contributed by atoms with van der Waals surface area (Å²) in [5.41, 5.74) is 2.05. The zero-order valence-electron chi connectivity index (χ0n) is 14.8. The third-order valence-electron chi connectivity index (χ3n) is 4.97. The van der Waals surface area contributed by atoms with Crippen LogP contribution in [-0.2, 0) is 23.2 Å². The molecule has 1 saturated heterocycles. The maximum Gasteiger partial charge on any atom is 0.279 e. The van der Waals surface area contributed by atoms with Gasteiger partial charge in [0.1, 0.15) is 0 Å². The Morgan fingerprint density at radius 2 is 1.50 bits per heavy atom. The van der Waals surface area contributed by atoms with Gasteiger partial charge >= 0.3 is 0 Å². The molecule has 0 aliphatic carbocycles. The fourth-order valence-corrected chi connectivity index (χ4v) is 4.61. The summed E-state index contributed by atoms with van der Waals surface area (Å²) in [5, 5.41) is 10.5. The van der Waals surface area contributed by atoms with Crippen molar-refractivity contribution in [2.24, 2.45) is 5.92 Å². The smallest absolute Gasteiger partial charge is 0.279 e. The Balaban J connectivity index is 1.49. The number of piperidine rings is 1. The molecule has 0 amide bonds. The molecule has 2 aromatic carbocycles. The van der Waals surface area contributed by atoms with E-state index in [1.165, 1.54) is 4.31 Å². The second kappa shape index (κ2) is 8.77. The van der Waals surface area contributed by atoms with Crippen LogP contribution in [0.15, 0.2) is 60.7 Å². The van der Waals surface area contributed by atoms with Gasteiger partial charge in [0.25, 0.3) is 10.2 Å². The summed E-state index contributed by atoms with van der Waals surface area (Å²) in [6.45, 7) is 1.18. The van der Waals surface area contributed by atoms with Crippen LogP contribution in [0.5, 0.6) is 0 Å². The maximum atomic E-state index is 12.5. The van der Waals surface area contributed by atoms with Crippen LogP contribution < -0.4 is 4.72 Å². The molecule has 1 aliphatic rings. The van der Waals surface area contributed by atoms with Gasteiger partial charge in [-0.1, -0.05) is 60.7 Å². The van der Waals surface area contributed by atoms with Crippen LogP contribution in [0.4, 0.5) is 0 Å². The van der Waals surface area contributed by atoms with E-state index in [-0.39, 0.29) is 5.92 Å². The van der Waals surface area contributed by atoms with Crippen molar-refractivity contribution in [3.05, 3.63) is 71.8 Å². The van der Waals surface area contributed by atoms with Crippen molar-refractivity contribution in [1.29, 1.82) is 0 Å². The Bertz CT molecular complexity index is 773. The molecule has 5 nitrogen and oxygen atoms in total. The van der Waals surface area contributed by atoms with Gasteiger partial charge in [0.2, 0.25) is 0 Å². The highest BCUT2D eigenvalue weighted by Crippen LogP contribution is 2.24. The molecule has 1 heterocycles. The Labute approximate surface area is 155 Å². The van der Waals surface area contributed by atoms with Crippen LogP contribution in [0.3, 0.4) is 0 Å². The lowest BCUT2D eigenvalue weighted by Gasteiger charge is -2.33. The summed E-state index contributed by atoms with van der Waals surface area (Å²) in [6.07, 6.45) is 1.55. The van der Waals surface area contributed by atoms with E-state index in [4.69, 9.17) is 0 Å². The Hall–Kier alpha value is -1.73. The average molecular weight is 375 g/mol. The second-order valence-electron chi connectivity index (χ2n) is 6.81. The standard InChI is InChI=1S/C20H26N2O3S/c23-20(15-17-7-3-1-4-8-17)19-11-13-22(14-12-19)26(24,25)21-16-18-9-5-2-6-10-18/h1-10,19-21,23H,11-16H2. The predicted octanol–water partition coefficient (Wildman–Crippen LogP) is 2.34. The fourth-order valence-electron chi connectivity index (χ4n) is 3.38.